The summed E-state index contributed by atoms with van der Waals surface area (Å²) in [5, 5.41) is 7.64. The molecule has 4 aromatic rings. The van der Waals surface area contributed by atoms with Crippen molar-refractivity contribution in [2.24, 2.45) is 0 Å². The van der Waals surface area contributed by atoms with E-state index in [9.17, 15) is 9.18 Å². The van der Waals surface area contributed by atoms with Crippen LogP contribution < -0.4 is 11.1 Å². The monoisotopic (exact) mass is 400 g/mol. The van der Waals surface area contributed by atoms with E-state index >= 15 is 0 Å². The lowest BCUT2D eigenvalue weighted by molar-refractivity contribution is 0.0948. The van der Waals surface area contributed by atoms with Crippen molar-refractivity contribution in [3.05, 3.63) is 101 Å². The summed E-state index contributed by atoms with van der Waals surface area (Å²) in [6.45, 7) is 2.39. The van der Waals surface area contributed by atoms with Crippen LogP contribution in [0.3, 0.4) is 0 Å². The Morgan fingerprint density at radius 2 is 1.77 bits per heavy atom. The zero-order valence-corrected chi connectivity index (χ0v) is 16.5. The Hall–Kier alpha value is -3.93. The molecule has 0 aliphatic heterocycles. The average Bonchev–Trinajstić information content (AvgIpc) is 3.17. The first-order valence-corrected chi connectivity index (χ1v) is 9.56. The molecule has 0 atom stereocenters. The number of carbonyl (C=O) groups excluding carboxylic acids is 1. The van der Waals surface area contributed by atoms with Crippen LogP contribution in [0.4, 0.5) is 15.9 Å². The van der Waals surface area contributed by atoms with Crippen molar-refractivity contribution in [2.45, 2.75) is 13.5 Å². The summed E-state index contributed by atoms with van der Waals surface area (Å²) in [5.41, 5.74) is 9.47. The van der Waals surface area contributed by atoms with Gasteiger partial charge < -0.3 is 11.1 Å². The molecule has 0 saturated carbocycles. The van der Waals surface area contributed by atoms with Gasteiger partial charge in [0.15, 0.2) is 0 Å². The van der Waals surface area contributed by atoms with Gasteiger partial charge in [0.1, 0.15) is 11.6 Å². The van der Waals surface area contributed by atoms with Crippen LogP contribution >= 0.6 is 0 Å². The number of nitrogen functional groups attached to an aromatic ring is 1. The van der Waals surface area contributed by atoms with Crippen LogP contribution in [0.5, 0.6) is 0 Å². The molecule has 6 heteroatoms. The molecule has 0 bridgehead atoms. The van der Waals surface area contributed by atoms with E-state index in [0.717, 1.165) is 11.1 Å². The number of aryl methyl sites for hydroxylation is 1. The topological polar surface area (TPSA) is 72.9 Å². The van der Waals surface area contributed by atoms with Gasteiger partial charge in [-0.2, -0.15) is 9.78 Å². The zero-order chi connectivity index (χ0) is 21.1. The number of anilines is 2. The molecule has 3 N–H and O–H groups in total. The van der Waals surface area contributed by atoms with Crippen molar-refractivity contribution < 1.29 is 9.18 Å². The first-order chi connectivity index (χ1) is 14.5. The summed E-state index contributed by atoms with van der Waals surface area (Å²) in [6.07, 6.45) is 0. The molecular formula is C24H21FN4O. The fourth-order valence-corrected chi connectivity index (χ4v) is 3.24. The summed E-state index contributed by atoms with van der Waals surface area (Å²) < 4.78 is 15.6. The molecule has 150 valence electrons. The summed E-state index contributed by atoms with van der Waals surface area (Å²) in [7, 11) is 0. The van der Waals surface area contributed by atoms with E-state index in [1.165, 1.54) is 10.7 Å². The number of nitrogens with one attached hydrogen (secondary N) is 1. The van der Waals surface area contributed by atoms with Gasteiger partial charge in [0.2, 0.25) is 0 Å². The minimum absolute atomic E-state index is 0.323. The third-order valence-corrected chi connectivity index (χ3v) is 4.81. The Balaban J connectivity index is 1.75. The van der Waals surface area contributed by atoms with E-state index in [-0.39, 0.29) is 5.91 Å². The van der Waals surface area contributed by atoms with Gasteiger partial charge in [0.05, 0.1) is 11.3 Å². The van der Waals surface area contributed by atoms with Gasteiger partial charge in [-0.3, -0.25) is 4.79 Å². The molecule has 1 heterocycles. The molecule has 0 aliphatic rings. The fraction of sp³-hybridized carbons (Fsp3) is 0.0833. The highest BCUT2D eigenvalue weighted by Gasteiger charge is 2.20. The highest BCUT2D eigenvalue weighted by Crippen LogP contribution is 2.26. The fourth-order valence-electron chi connectivity index (χ4n) is 3.24. The highest BCUT2D eigenvalue weighted by molar-refractivity contribution is 6.02. The molecule has 3 aromatic carbocycles. The van der Waals surface area contributed by atoms with Gasteiger partial charge in [0.25, 0.3) is 5.91 Å². The van der Waals surface area contributed by atoms with Crippen LogP contribution in [0.15, 0.2) is 78.9 Å². The van der Waals surface area contributed by atoms with Crippen LogP contribution in [0.1, 0.15) is 21.5 Å². The second-order valence-electron chi connectivity index (χ2n) is 7.04. The van der Waals surface area contributed by atoms with Crippen molar-refractivity contribution in [1.82, 2.24) is 9.78 Å². The molecule has 0 unspecified atom stereocenters. The molecule has 0 aliphatic carbocycles. The van der Waals surface area contributed by atoms with E-state index in [1.807, 2.05) is 43.3 Å². The highest BCUT2D eigenvalue weighted by atomic mass is 19.1. The second-order valence-corrected chi connectivity index (χ2v) is 7.04. The third kappa shape index (κ3) is 3.93. The molecule has 0 radical (unpaired) electrons. The van der Waals surface area contributed by atoms with Crippen molar-refractivity contribution in [2.75, 3.05) is 11.1 Å². The Bertz CT molecular complexity index is 1200. The van der Waals surface area contributed by atoms with E-state index in [1.54, 1.807) is 36.4 Å². The van der Waals surface area contributed by atoms with Gasteiger partial charge in [-0.05, 0) is 42.3 Å². The molecule has 0 saturated heterocycles. The summed E-state index contributed by atoms with van der Waals surface area (Å²) in [5.74, 6) is -0.327. The minimum atomic E-state index is -0.404. The Morgan fingerprint density at radius 1 is 1.03 bits per heavy atom. The van der Waals surface area contributed by atoms with Crippen LogP contribution in [0, 0.1) is 12.7 Å². The number of aromatic nitrogens is 2. The second kappa shape index (κ2) is 8.21. The molecule has 4 rings (SSSR count). The van der Waals surface area contributed by atoms with Crippen LogP contribution in [-0.4, -0.2) is 15.7 Å². The van der Waals surface area contributed by atoms with Gasteiger partial charge in [0, 0.05) is 23.9 Å². The molecular weight excluding hydrogens is 379 g/mol. The smallest absolute Gasteiger partial charge is 0.282 e. The van der Waals surface area contributed by atoms with Crippen molar-refractivity contribution in [3.63, 3.8) is 0 Å². The maximum atomic E-state index is 14.3. The van der Waals surface area contributed by atoms with Gasteiger partial charge >= 0.3 is 0 Å². The lowest BCUT2D eigenvalue weighted by atomic mass is 10.1. The molecule has 5 nitrogen and oxygen atoms in total. The molecule has 30 heavy (non-hydrogen) atoms. The largest absolute Gasteiger partial charge is 0.398 e. The van der Waals surface area contributed by atoms with Gasteiger partial charge in [-0.1, -0.05) is 48.5 Å². The zero-order valence-electron chi connectivity index (χ0n) is 16.5. The molecule has 1 aromatic heterocycles. The normalized spacial score (nSPS) is 10.7. The standard InChI is InChI=1S/C24H21FN4O/c1-16-11-12-19(21(26)13-16)24(30)29-23(27-15-17-7-3-2-4-8-17)14-22(28-29)18-9-5-6-10-20(18)25/h2-14,27H,15,26H2,1H3. The van der Waals surface area contributed by atoms with E-state index in [0.29, 0.717) is 34.9 Å². The Morgan fingerprint density at radius 3 is 2.50 bits per heavy atom. The van der Waals surface area contributed by atoms with E-state index < -0.39 is 5.82 Å². The number of hydrogen-bond donors (Lipinski definition) is 2. The lowest BCUT2D eigenvalue weighted by Gasteiger charge is -2.10. The van der Waals surface area contributed by atoms with E-state index in [2.05, 4.69) is 10.4 Å². The minimum Gasteiger partial charge on any atom is -0.398 e. The number of halogens is 1. The van der Waals surface area contributed by atoms with Crippen LogP contribution in [0.25, 0.3) is 11.3 Å². The van der Waals surface area contributed by atoms with Crippen molar-refractivity contribution >= 4 is 17.4 Å². The summed E-state index contributed by atoms with van der Waals surface area (Å²) >= 11 is 0. The van der Waals surface area contributed by atoms with Crippen molar-refractivity contribution in [3.8, 4) is 11.3 Å². The lowest BCUT2D eigenvalue weighted by Crippen LogP contribution is -2.18. The quantitative estimate of drug-likeness (QED) is 0.468. The number of hydrogen-bond acceptors (Lipinski definition) is 4. The first-order valence-electron chi connectivity index (χ1n) is 9.56. The first kappa shape index (κ1) is 19.4. The Kier molecular flexibility index (Phi) is 5.30. The maximum Gasteiger partial charge on any atom is 0.282 e. The number of rotatable bonds is 5. The van der Waals surface area contributed by atoms with E-state index in [4.69, 9.17) is 5.73 Å². The SMILES string of the molecule is Cc1ccc(C(=O)n2nc(-c3ccccc3F)cc2NCc2ccccc2)c(N)c1. The third-order valence-electron chi connectivity index (χ3n) is 4.81. The number of carbonyl (C=O) groups is 1. The molecule has 0 spiro atoms. The van der Waals surface area contributed by atoms with Gasteiger partial charge in [-0.25, -0.2) is 4.39 Å². The molecule has 0 fully saturated rings. The predicted octanol–water partition coefficient (Wildman–Crippen LogP) is 4.88. The maximum absolute atomic E-state index is 14.3. The summed E-state index contributed by atoms with van der Waals surface area (Å²) in [4.78, 5) is 13.2. The molecule has 0 amide bonds. The summed E-state index contributed by atoms with van der Waals surface area (Å²) in [6, 6.07) is 23.0. The average molecular weight is 400 g/mol. The number of nitrogens with zero attached hydrogens (tertiary/aromatic N) is 2. The van der Waals surface area contributed by atoms with Crippen LogP contribution in [-0.2, 0) is 6.54 Å². The van der Waals surface area contributed by atoms with Crippen LogP contribution in [0.2, 0.25) is 0 Å². The predicted molar refractivity (Wildman–Crippen MR) is 117 cm³/mol. The van der Waals surface area contributed by atoms with Gasteiger partial charge in [-0.15, -0.1) is 0 Å². The Labute approximate surface area is 174 Å². The number of nitrogens with two attached hydrogens (primary N) is 1. The van der Waals surface area contributed by atoms with Crippen molar-refractivity contribution in [1.29, 1.82) is 0 Å². The number of benzene rings is 3.